The van der Waals surface area contributed by atoms with Crippen LogP contribution in [-0.4, -0.2) is 22.6 Å². The van der Waals surface area contributed by atoms with Crippen molar-refractivity contribution < 1.29 is 9.90 Å². The molecule has 0 rings (SSSR count). The van der Waals surface area contributed by atoms with Crippen LogP contribution in [0.1, 0.15) is 13.3 Å². The molecule has 2 nitrogen and oxygen atoms in total. The molecule has 1 unspecified atom stereocenters. The fourth-order valence-electron chi connectivity index (χ4n) is 0.462. The van der Waals surface area contributed by atoms with E-state index in [2.05, 4.69) is 5.92 Å². The van der Waals surface area contributed by atoms with Gasteiger partial charge in [-0.25, -0.2) is 0 Å². The Hall–Kier alpha value is -0.620. The topological polar surface area (TPSA) is 37.3 Å². The van der Waals surface area contributed by atoms with E-state index in [-0.39, 0.29) is 5.92 Å². The Balaban J connectivity index is 3.26. The van der Waals surface area contributed by atoms with E-state index in [1.54, 1.807) is 18.7 Å². The third-order valence-corrected chi connectivity index (χ3v) is 2.41. The molecule has 0 radical (unpaired) electrons. The SMILES string of the molecule is C#CCCSCC(C)C(=O)O. The van der Waals surface area contributed by atoms with Crippen molar-refractivity contribution in [2.45, 2.75) is 13.3 Å². The molecule has 0 bridgehead atoms. The van der Waals surface area contributed by atoms with Gasteiger partial charge in [-0.3, -0.25) is 4.79 Å². The molecular weight excluding hydrogens is 160 g/mol. The first-order valence-corrected chi connectivity index (χ1v) is 4.58. The summed E-state index contributed by atoms with van der Waals surface area (Å²) in [5.41, 5.74) is 0. The van der Waals surface area contributed by atoms with Crippen LogP contribution in [0.2, 0.25) is 0 Å². The summed E-state index contributed by atoms with van der Waals surface area (Å²) in [6, 6.07) is 0. The lowest BCUT2D eigenvalue weighted by Crippen LogP contribution is -2.11. The molecule has 0 saturated carbocycles. The van der Waals surface area contributed by atoms with Crippen molar-refractivity contribution in [3.8, 4) is 12.3 Å². The van der Waals surface area contributed by atoms with E-state index in [1.165, 1.54) is 0 Å². The van der Waals surface area contributed by atoms with Gasteiger partial charge in [0, 0.05) is 17.9 Å². The van der Waals surface area contributed by atoms with Crippen molar-refractivity contribution in [2.75, 3.05) is 11.5 Å². The van der Waals surface area contributed by atoms with Crippen LogP contribution < -0.4 is 0 Å². The maximum absolute atomic E-state index is 10.3. The van der Waals surface area contributed by atoms with Crippen molar-refractivity contribution >= 4 is 17.7 Å². The van der Waals surface area contributed by atoms with Gasteiger partial charge in [0.05, 0.1) is 5.92 Å². The van der Waals surface area contributed by atoms with Gasteiger partial charge in [-0.15, -0.1) is 12.3 Å². The van der Waals surface area contributed by atoms with Gasteiger partial charge in [-0.05, 0) is 0 Å². The van der Waals surface area contributed by atoms with Crippen LogP contribution in [0.25, 0.3) is 0 Å². The van der Waals surface area contributed by atoms with Gasteiger partial charge in [-0.1, -0.05) is 6.92 Å². The Morgan fingerprint density at radius 3 is 2.91 bits per heavy atom. The minimum Gasteiger partial charge on any atom is -0.481 e. The zero-order valence-corrected chi connectivity index (χ0v) is 7.36. The van der Waals surface area contributed by atoms with Crippen LogP contribution in [0.4, 0.5) is 0 Å². The second kappa shape index (κ2) is 6.11. The standard InChI is InChI=1S/C8H12O2S/c1-3-4-5-11-6-7(2)8(9)10/h1,7H,4-6H2,2H3,(H,9,10). The zero-order chi connectivity index (χ0) is 8.69. The summed E-state index contributed by atoms with van der Waals surface area (Å²) in [6.45, 7) is 1.70. The molecule has 0 aromatic rings. The predicted molar refractivity (Wildman–Crippen MR) is 47.6 cm³/mol. The summed E-state index contributed by atoms with van der Waals surface area (Å²) in [4.78, 5) is 10.3. The number of rotatable bonds is 5. The predicted octanol–water partition coefficient (Wildman–Crippen LogP) is 1.46. The normalized spacial score (nSPS) is 12.0. The number of thioether (sulfide) groups is 1. The van der Waals surface area contributed by atoms with Crippen molar-refractivity contribution in [3.63, 3.8) is 0 Å². The maximum Gasteiger partial charge on any atom is 0.307 e. The summed E-state index contributed by atoms with van der Waals surface area (Å²) in [5.74, 6) is 3.00. The van der Waals surface area contributed by atoms with Gasteiger partial charge >= 0.3 is 5.97 Å². The van der Waals surface area contributed by atoms with Crippen LogP contribution >= 0.6 is 11.8 Å². The maximum atomic E-state index is 10.3. The molecular formula is C8H12O2S. The van der Waals surface area contributed by atoms with Crippen molar-refractivity contribution in [1.29, 1.82) is 0 Å². The van der Waals surface area contributed by atoms with Gasteiger partial charge in [0.15, 0.2) is 0 Å². The number of hydrogen-bond acceptors (Lipinski definition) is 2. The Bertz CT molecular complexity index is 160. The number of carboxylic acid groups (broad SMARTS) is 1. The summed E-state index contributed by atoms with van der Waals surface area (Å²) in [5, 5.41) is 8.48. The number of hydrogen-bond donors (Lipinski definition) is 1. The molecule has 0 aliphatic heterocycles. The monoisotopic (exact) mass is 172 g/mol. The van der Waals surface area contributed by atoms with Crippen molar-refractivity contribution in [2.24, 2.45) is 5.92 Å². The lowest BCUT2D eigenvalue weighted by molar-refractivity contribution is -0.140. The quantitative estimate of drug-likeness (QED) is 0.504. The first kappa shape index (κ1) is 10.4. The Morgan fingerprint density at radius 1 is 1.82 bits per heavy atom. The molecule has 3 heteroatoms. The third kappa shape index (κ3) is 5.81. The number of terminal acetylenes is 1. The second-order valence-corrected chi connectivity index (χ2v) is 3.42. The number of carboxylic acids is 1. The molecule has 0 amide bonds. The van der Waals surface area contributed by atoms with Crippen LogP contribution in [0.3, 0.4) is 0 Å². The van der Waals surface area contributed by atoms with Gasteiger partial charge < -0.3 is 5.11 Å². The van der Waals surface area contributed by atoms with Crippen LogP contribution in [0.5, 0.6) is 0 Å². The summed E-state index contributed by atoms with van der Waals surface area (Å²) >= 11 is 1.59. The van der Waals surface area contributed by atoms with E-state index in [4.69, 9.17) is 11.5 Å². The molecule has 0 saturated heterocycles. The molecule has 1 N–H and O–H groups in total. The van der Waals surface area contributed by atoms with E-state index in [9.17, 15) is 4.79 Å². The lowest BCUT2D eigenvalue weighted by Gasteiger charge is -2.03. The largest absolute Gasteiger partial charge is 0.481 e. The number of carbonyl (C=O) groups is 1. The molecule has 0 heterocycles. The third-order valence-electron chi connectivity index (χ3n) is 1.18. The van der Waals surface area contributed by atoms with E-state index in [0.717, 1.165) is 12.2 Å². The van der Waals surface area contributed by atoms with Crippen LogP contribution in [0, 0.1) is 18.3 Å². The zero-order valence-electron chi connectivity index (χ0n) is 6.54. The molecule has 0 aliphatic carbocycles. The second-order valence-electron chi connectivity index (χ2n) is 2.27. The Kier molecular flexibility index (Phi) is 5.77. The van der Waals surface area contributed by atoms with Crippen LogP contribution in [0.15, 0.2) is 0 Å². The minimum atomic E-state index is -0.738. The fourth-order valence-corrected chi connectivity index (χ4v) is 1.39. The van der Waals surface area contributed by atoms with Gasteiger partial charge in [0.25, 0.3) is 0 Å². The molecule has 62 valence electrons. The molecule has 1 atom stereocenters. The number of aliphatic carboxylic acids is 1. The molecule has 0 fully saturated rings. The molecule has 11 heavy (non-hydrogen) atoms. The van der Waals surface area contributed by atoms with E-state index < -0.39 is 5.97 Å². The highest BCUT2D eigenvalue weighted by Gasteiger charge is 2.09. The fraction of sp³-hybridized carbons (Fsp3) is 0.625. The van der Waals surface area contributed by atoms with E-state index >= 15 is 0 Å². The van der Waals surface area contributed by atoms with Gasteiger partial charge in [0.1, 0.15) is 0 Å². The average molecular weight is 172 g/mol. The highest BCUT2D eigenvalue weighted by Crippen LogP contribution is 2.08. The Labute approximate surface area is 71.4 Å². The molecule has 0 spiro atoms. The molecule has 0 aromatic heterocycles. The van der Waals surface area contributed by atoms with E-state index in [1.807, 2.05) is 0 Å². The van der Waals surface area contributed by atoms with Gasteiger partial charge in [0.2, 0.25) is 0 Å². The van der Waals surface area contributed by atoms with Crippen molar-refractivity contribution in [3.05, 3.63) is 0 Å². The highest BCUT2D eigenvalue weighted by atomic mass is 32.2. The molecule has 0 aromatic carbocycles. The first-order valence-electron chi connectivity index (χ1n) is 3.42. The highest BCUT2D eigenvalue weighted by molar-refractivity contribution is 7.99. The summed E-state index contributed by atoms with van der Waals surface area (Å²) in [6.07, 6.45) is 5.74. The summed E-state index contributed by atoms with van der Waals surface area (Å²) < 4.78 is 0. The Morgan fingerprint density at radius 2 is 2.45 bits per heavy atom. The van der Waals surface area contributed by atoms with E-state index in [0.29, 0.717) is 5.75 Å². The summed E-state index contributed by atoms with van der Waals surface area (Å²) in [7, 11) is 0. The lowest BCUT2D eigenvalue weighted by atomic mass is 10.2. The average Bonchev–Trinajstić information content (AvgIpc) is 1.97. The first-order chi connectivity index (χ1) is 5.18. The van der Waals surface area contributed by atoms with Gasteiger partial charge in [-0.2, -0.15) is 11.8 Å². The van der Waals surface area contributed by atoms with Crippen molar-refractivity contribution in [1.82, 2.24) is 0 Å². The minimum absolute atomic E-state index is 0.266. The smallest absolute Gasteiger partial charge is 0.307 e. The van der Waals surface area contributed by atoms with Crippen LogP contribution in [-0.2, 0) is 4.79 Å². The molecule has 0 aliphatic rings.